The van der Waals surface area contributed by atoms with Gasteiger partial charge in [-0.1, -0.05) is 16.8 Å². The van der Waals surface area contributed by atoms with Crippen LogP contribution in [-0.2, 0) is 9.63 Å². The lowest BCUT2D eigenvalue weighted by Gasteiger charge is -1.97. The van der Waals surface area contributed by atoms with Crippen molar-refractivity contribution >= 4 is 33.6 Å². The van der Waals surface area contributed by atoms with Crippen LogP contribution in [-0.4, -0.2) is 16.5 Å². The van der Waals surface area contributed by atoms with E-state index < -0.39 is 11.3 Å². The number of carbonyl (C=O) groups is 1. The van der Waals surface area contributed by atoms with E-state index in [0.29, 0.717) is 6.42 Å². The molecule has 0 bridgehead atoms. The Morgan fingerprint density at radius 2 is 2.56 bits per heavy atom. The SMILES string of the molecule is O=C(Cl)C1CC(Cl)=NO1. The molecule has 0 aromatic carbocycles. The van der Waals surface area contributed by atoms with Gasteiger partial charge in [-0.3, -0.25) is 4.79 Å². The Balaban J connectivity index is 2.47. The lowest BCUT2D eigenvalue weighted by molar-refractivity contribution is -0.120. The van der Waals surface area contributed by atoms with E-state index in [1.54, 1.807) is 0 Å². The lowest BCUT2D eigenvalue weighted by atomic mass is 10.3. The molecule has 0 saturated heterocycles. The van der Waals surface area contributed by atoms with E-state index in [1.165, 1.54) is 0 Å². The molecule has 0 aliphatic carbocycles. The van der Waals surface area contributed by atoms with E-state index in [2.05, 4.69) is 9.99 Å². The topological polar surface area (TPSA) is 38.7 Å². The van der Waals surface area contributed by atoms with Gasteiger partial charge < -0.3 is 4.84 Å². The molecule has 1 atom stereocenters. The molecule has 0 aromatic heterocycles. The maximum Gasteiger partial charge on any atom is 0.265 e. The number of rotatable bonds is 1. The predicted molar refractivity (Wildman–Crippen MR) is 33.6 cm³/mol. The van der Waals surface area contributed by atoms with Crippen LogP contribution in [0.4, 0.5) is 0 Å². The Hall–Kier alpha value is -0.280. The minimum atomic E-state index is -0.667. The second-order valence-electron chi connectivity index (χ2n) is 1.57. The molecule has 1 heterocycles. The molecule has 3 nitrogen and oxygen atoms in total. The van der Waals surface area contributed by atoms with Crippen molar-refractivity contribution in [3.8, 4) is 0 Å². The number of hydrogen-bond acceptors (Lipinski definition) is 3. The van der Waals surface area contributed by atoms with Gasteiger partial charge in [-0.05, 0) is 11.6 Å². The van der Waals surface area contributed by atoms with Gasteiger partial charge in [-0.15, -0.1) is 0 Å². The average Bonchev–Trinajstić information content (AvgIpc) is 2.14. The van der Waals surface area contributed by atoms with Gasteiger partial charge >= 0.3 is 0 Å². The monoisotopic (exact) mass is 167 g/mol. The van der Waals surface area contributed by atoms with Crippen LogP contribution in [0.2, 0.25) is 0 Å². The molecular formula is C4H3Cl2NO2. The Kier molecular flexibility index (Phi) is 1.93. The summed E-state index contributed by atoms with van der Waals surface area (Å²) in [4.78, 5) is 14.8. The highest BCUT2D eigenvalue weighted by atomic mass is 35.5. The van der Waals surface area contributed by atoms with Crippen molar-refractivity contribution in [2.75, 3.05) is 0 Å². The minimum absolute atomic E-state index is 0.286. The summed E-state index contributed by atoms with van der Waals surface area (Å²) < 4.78 is 0. The van der Waals surface area contributed by atoms with Gasteiger partial charge in [0.2, 0.25) is 6.10 Å². The van der Waals surface area contributed by atoms with Crippen LogP contribution in [0.1, 0.15) is 6.42 Å². The molecule has 1 aliphatic rings. The summed E-state index contributed by atoms with van der Waals surface area (Å²) in [6, 6.07) is 0. The maximum atomic E-state index is 10.3. The Labute approximate surface area is 61.6 Å². The fraction of sp³-hybridized carbons (Fsp3) is 0.500. The number of oxime groups is 1. The molecule has 0 fully saturated rings. The highest BCUT2D eigenvalue weighted by molar-refractivity contribution is 6.68. The third-order valence-corrected chi connectivity index (χ3v) is 1.35. The van der Waals surface area contributed by atoms with Gasteiger partial charge in [0.25, 0.3) is 5.24 Å². The first-order chi connectivity index (χ1) is 4.20. The molecule has 9 heavy (non-hydrogen) atoms. The van der Waals surface area contributed by atoms with Crippen molar-refractivity contribution in [2.45, 2.75) is 12.5 Å². The van der Waals surface area contributed by atoms with Gasteiger partial charge in [-0.2, -0.15) is 0 Å². The van der Waals surface area contributed by atoms with Crippen LogP contribution in [0, 0.1) is 0 Å². The van der Waals surface area contributed by atoms with Crippen molar-refractivity contribution < 1.29 is 9.63 Å². The summed E-state index contributed by atoms with van der Waals surface area (Å²) in [5.74, 6) is 0. The quantitative estimate of drug-likeness (QED) is 0.549. The molecular weight excluding hydrogens is 165 g/mol. The summed E-state index contributed by atoms with van der Waals surface area (Å²) in [6.07, 6.45) is -0.372. The van der Waals surface area contributed by atoms with Crippen LogP contribution < -0.4 is 0 Å². The zero-order valence-electron chi connectivity index (χ0n) is 4.30. The molecule has 0 N–H and O–H groups in total. The molecule has 0 spiro atoms. The molecule has 1 aliphatic heterocycles. The van der Waals surface area contributed by atoms with Gasteiger partial charge in [0.1, 0.15) is 5.17 Å². The van der Waals surface area contributed by atoms with E-state index in [0.717, 1.165) is 0 Å². The highest BCUT2D eigenvalue weighted by Gasteiger charge is 2.25. The Morgan fingerprint density at radius 1 is 1.89 bits per heavy atom. The predicted octanol–water partition coefficient (Wildman–Crippen LogP) is 1.09. The Bertz CT molecular complexity index is 168. The summed E-state index contributed by atoms with van der Waals surface area (Å²) in [7, 11) is 0. The molecule has 1 rings (SSSR count). The summed E-state index contributed by atoms with van der Waals surface area (Å²) in [6.45, 7) is 0. The van der Waals surface area contributed by atoms with Gasteiger partial charge in [-0.25, -0.2) is 0 Å². The normalized spacial score (nSPS) is 25.1. The first-order valence-electron chi connectivity index (χ1n) is 2.27. The molecule has 0 aromatic rings. The third-order valence-electron chi connectivity index (χ3n) is 0.886. The van der Waals surface area contributed by atoms with Gasteiger partial charge in [0, 0.05) is 0 Å². The molecule has 5 heteroatoms. The fourth-order valence-electron chi connectivity index (χ4n) is 0.470. The summed E-state index contributed by atoms with van der Waals surface area (Å²) in [5, 5.41) is 3.04. The van der Waals surface area contributed by atoms with Crippen LogP contribution in [0.15, 0.2) is 5.16 Å². The summed E-state index contributed by atoms with van der Waals surface area (Å²) >= 11 is 10.4. The fourth-order valence-corrected chi connectivity index (χ4v) is 0.767. The zero-order valence-corrected chi connectivity index (χ0v) is 5.82. The smallest absolute Gasteiger partial charge is 0.265 e. The van der Waals surface area contributed by atoms with Crippen LogP contribution in [0.3, 0.4) is 0 Å². The zero-order chi connectivity index (χ0) is 6.85. The maximum absolute atomic E-state index is 10.3. The lowest BCUT2D eigenvalue weighted by Crippen LogP contribution is -2.13. The third kappa shape index (κ3) is 1.56. The van der Waals surface area contributed by atoms with Gasteiger partial charge in [0.05, 0.1) is 6.42 Å². The van der Waals surface area contributed by atoms with Crippen molar-refractivity contribution in [2.24, 2.45) is 5.16 Å². The molecule has 50 valence electrons. The number of hydrogen-bond donors (Lipinski definition) is 0. The Morgan fingerprint density at radius 3 is 2.78 bits per heavy atom. The van der Waals surface area contributed by atoms with Crippen molar-refractivity contribution in [3.05, 3.63) is 0 Å². The van der Waals surface area contributed by atoms with Crippen LogP contribution in [0.25, 0.3) is 0 Å². The van der Waals surface area contributed by atoms with Crippen LogP contribution >= 0.6 is 23.2 Å². The van der Waals surface area contributed by atoms with E-state index in [9.17, 15) is 4.79 Å². The van der Waals surface area contributed by atoms with Crippen molar-refractivity contribution in [1.29, 1.82) is 0 Å². The van der Waals surface area contributed by atoms with E-state index in [-0.39, 0.29) is 5.17 Å². The first kappa shape index (κ1) is 6.83. The minimum Gasteiger partial charge on any atom is -0.382 e. The van der Waals surface area contributed by atoms with Crippen molar-refractivity contribution in [3.63, 3.8) is 0 Å². The van der Waals surface area contributed by atoms with E-state index in [4.69, 9.17) is 23.2 Å². The van der Waals surface area contributed by atoms with Crippen molar-refractivity contribution in [1.82, 2.24) is 0 Å². The van der Waals surface area contributed by atoms with Crippen LogP contribution in [0.5, 0.6) is 0 Å². The van der Waals surface area contributed by atoms with E-state index >= 15 is 0 Å². The van der Waals surface area contributed by atoms with Gasteiger partial charge in [0.15, 0.2) is 0 Å². The standard InChI is InChI=1S/C4H3Cl2NO2/c5-3-1-2(4(6)8)9-7-3/h2H,1H2. The summed E-state index contributed by atoms with van der Waals surface area (Å²) in [5.41, 5.74) is 0. The number of halogens is 2. The van der Waals surface area contributed by atoms with E-state index in [1.807, 2.05) is 0 Å². The molecule has 1 unspecified atom stereocenters. The molecule has 0 saturated carbocycles. The molecule has 0 amide bonds. The molecule has 0 radical (unpaired) electrons. The average molecular weight is 168 g/mol. The second-order valence-corrected chi connectivity index (χ2v) is 2.38. The largest absolute Gasteiger partial charge is 0.382 e. The number of nitrogens with zero attached hydrogens (tertiary/aromatic N) is 1. The number of carbonyl (C=O) groups excluding carboxylic acids is 1. The first-order valence-corrected chi connectivity index (χ1v) is 3.03. The second kappa shape index (κ2) is 2.54. The highest BCUT2D eigenvalue weighted by Crippen LogP contribution is 2.14.